The fraction of sp³-hybridized carbons (Fsp3) is 0.462. The molecule has 1 aliphatic rings. The number of ether oxygens (including phenoxy) is 1. The van der Waals surface area contributed by atoms with Gasteiger partial charge < -0.3 is 9.72 Å². The summed E-state index contributed by atoms with van der Waals surface area (Å²) in [5, 5.41) is 0.583. The molecule has 0 saturated carbocycles. The summed E-state index contributed by atoms with van der Waals surface area (Å²) in [5.41, 5.74) is 0.720. The van der Waals surface area contributed by atoms with Crippen molar-refractivity contribution in [3.63, 3.8) is 0 Å². The molecule has 21 heavy (non-hydrogen) atoms. The fourth-order valence-corrected chi connectivity index (χ4v) is 3.82. The molecular formula is C13H14ClN3O3S. The first-order chi connectivity index (χ1) is 10.1. The number of halogens is 1. The number of alkyl halides is 1. The van der Waals surface area contributed by atoms with Crippen LogP contribution in [0.15, 0.2) is 4.79 Å². The SMILES string of the molecule is CCOC(=O)N1Cc2sc3nc(CCCl)[nH]c(=O)c3c2C1. The van der Waals surface area contributed by atoms with E-state index in [2.05, 4.69) is 9.97 Å². The van der Waals surface area contributed by atoms with E-state index in [1.807, 2.05) is 0 Å². The second kappa shape index (κ2) is 5.65. The van der Waals surface area contributed by atoms with Crippen LogP contribution in [-0.4, -0.2) is 33.4 Å². The number of H-pyrrole nitrogens is 1. The largest absolute Gasteiger partial charge is 0.450 e. The van der Waals surface area contributed by atoms with E-state index in [0.29, 0.717) is 48.0 Å². The van der Waals surface area contributed by atoms with E-state index in [9.17, 15) is 9.59 Å². The maximum atomic E-state index is 12.2. The predicted octanol–water partition coefficient (Wildman–Crippen LogP) is 2.24. The Labute approximate surface area is 129 Å². The van der Waals surface area contributed by atoms with Gasteiger partial charge in [0.1, 0.15) is 10.7 Å². The summed E-state index contributed by atoms with van der Waals surface area (Å²) in [6.45, 7) is 2.98. The first-order valence-electron chi connectivity index (χ1n) is 6.65. The third-order valence-corrected chi connectivity index (χ3v) is 4.63. The molecule has 3 rings (SSSR count). The molecule has 2 aromatic heterocycles. The van der Waals surface area contributed by atoms with Crippen molar-refractivity contribution in [2.75, 3.05) is 12.5 Å². The van der Waals surface area contributed by atoms with Crippen molar-refractivity contribution in [2.24, 2.45) is 0 Å². The molecule has 1 N–H and O–H groups in total. The Morgan fingerprint density at radius 1 is 1.52 bits per heavy atom. The van der Waals surface area contributed by atoms with E-state index in [-0.39, 0.29) is 11.7 Å². The van der Waals surface area contributed by atoms with Crippen molar-refractivity contribution in [1.29, 1.82) is 0 Å². The van der Waals surface area contributed by atoms with Crippen molar-refractivity contribution < 1.29 is 9.53 Å². The van der Waals surface area contributed by atoms with Crippen LogP contribution in [0, 0.1) is 0 Å². The smallest absolute Gasteiger partial charge is 0.410 e. The lowest BCUT2D eigenvalue weighted by Gasteiger charge is -2.14. The van der Waals surface area contributed by atoms with E-state index >= 15 is 0 Å². The van der Waals surface area contributed by atoms with Gasteiger partial charge in [0.2, 0.25) is 0 Å². The molecule has 8 heteroatoms. The number of thiophene rings is 1. The van der Waals surface area contributed by atoms with E-state index in [1.165, 1.54) is 11.3 Å². The molecule has 0 radical (unpaired) electrons. The maximum Gasteiger partial charge on any atom is 0.410 e. The summed E-state index contributed by atoms with van der Waals surface area (Å²) in [4.78, 5) is 34.5. The number of carbonyl (C=O) groups excluding carboxylic acids is 1. The first kappa shape index (κ1) is 14.3. The number of nitrogens with zero attached hydrogens (tertiary/aromatic N) is 2. The highest BCUT2D eigenvalue weighted by molar-refractivity contribution is 7.18. The van der Waals surface area contributed by atoms with E-state index < -0.39 is 0 Å². The quantitative estimate of drug-likeness (QED) is 0.877. The molecule has 0 unspecified atom stereocenters. The van der Waals surface area contributed by atoms with Gasteiger partial charge in [-0.05, 0) is 6.92 Å². The molecule has 1 aliphatic heterocycles. The van der Waals surface area contributed by atoms with Crippen molar-refractivity contribution in [2.45, 2.75) is 26.4 Å². The minimum atomic E-state index is -0.350. The van der Waals surface area contributed by atoms with Crippen LogP contribution >= 0.6 is 22.9 Å². The van der Waals surface area contributed by atoms with Crippen LogP contribution in [0.3, 0.4) is 0 Å². The van der Waals surface area contributed by atoms with Crippen LogP contribution in [0.1, 0.15) is 23.2 Å². The summed E-state index contributed by atoms with van der Waals surface area (Å²) in [6, 6.07) is 0. The fourth-order valence-electron chi connectivity index (χ4n) is 2.42. The molecule has 0 aliphatic carbocycles. The lowest BCUT2D eigenvalue weighted by Crippen LogP contribution is -2.26. The lowest BCUT2D eigenvalue weighted by atomic mass is 10.2. The monoisotopic (exact) mass is 327 g/mol. The van der Waals surface area contributed by atoms with Crippen LogP contribution in [0.4, 0.5) is 4.79 Å². The average Bonchev–Trinajstić information content (AvgIpc) is 2.96. The van der Waals surface area contributed by atoms with Crippen LogP contribution in [-0.2, 0) is 24.2 Å². The van der Waals surface area contributed by atoms with Crippen molar-refractivity contribution in [1.82, 2.24) is 14.9 Å². The summed E-state index contributed by atoms with van der Waals surface area (Å²) >= 11 is 7.14. The standard InChI is InChI=1S/C13H14ClN3O3S/c1-2-20-13(19)17-5-7-8(6-17)21-12-10(7)11(18)15-9(16-12)3-4-14/h2-6H2,1H3,(H,15,16,18). The second-order valence-corrected chi connectivity index (χ2v) is 6.15. The minimum Gasteiger partial charge on any atom is -0.450 e. The Kier molecular flexibility index (Phi) is 3.86. The van der Waals surface area contributed by atoms with Crippen LogP contribution < -0.4 is 5.56 Å². The highest BCUT2D eigenvalue weighted by Gasteiger charge is 2.29. The van der Waals surface area contributed by atoms with Gasteiger partial charge in [0, 0.05) is 22.7 Å². The molecule has 1 amide bonds. The highest BCUT2D eigenvalue weighted by atomic mass is 35.5. The number of nitrogens with one attached hydrogen (secondary N) is 1. The normalized spacial score (nSPS) is 13.7. The summed E-state index contributed by atoms with van der Waals surface area (Å²) in [5.74, 6) is 1.01. The number of amides is 1. The number of carbonyl (C=O) groups is 1. The first-order valence-corrected chi connectivity index (χ1v) is 8.00. The lowest BCUT2D eigenvalue weighted by molar-refractivity contribution is 0.107. The molecule has 0 saturated heterocycles. The van der Waals surface area contributed by atoms with E-state index in [1.54, 1.807) is 11.8 Å². The molecule has 112 valence electrons. The van der Waals surface area contributed by atoms with Crippen LogP contribution in [0.25, 0.3) is 10.2 Å². The number of aryl methyl sites for hydroxylation is 1. The van der Waals surface area contributed by atoms with Gasteiger partial charge in [-0.1, -0.05) is 0 Å². The zero-order chi connectivity index (χ0) is 15.0. The van der Waals surface area contributed by atoms with Gasteiger partial charge in [0.15, 0.2) is 0 Å². The molecule has 0 bridgehead atoms. The van der Waals surface area contributed by atoms with Crippen LogP contribution in [0.5, 0.6) is 0 Å². The van der Waals surface area contributed by atoms with E-state index in [4.69, 9.17) is 16.3 Å². The van der Waals surface area contributed by atoms with Gasteiger partial charge in [-0.25, -0.2) is 9.78 Å². The number of aromatic amines is 1. The third kappa shape index (κ3) is 2.51. The van der Waals surface area contributed by atoms with Gasteiger partial charge in [-0.3, -0.25) is 9.69 Å². The van der Waals surface area contributed by atoms with E-state index in [0.717, 1.165) is 10.4 Å². The van der Waals surface area contributed by atoms with Crippen molar-refractivity contribution in [3.8, 4) is 0 Å². The van der Waals surface area contributed by atoms with Crippen LogP contribution in [0.2, 0.25) is 0 Å². The number of hydrogen-bond donors (Lipinski definition) is 1. The Hall–Kier alpha value is -1.60. The summed E-state index contributed by atoms with van der Waals surface area (Å²) in [7, 11) is 0. The number of aromatic nitrogens is 2. The molecule has 0 spiro atoms. The molecule has 0 atom stereocenters. The van der Waals surface area contributed by atoms with Gasteiger partial charge >= 0.3 is 6.09 Å². The molecule has 0 aromatic carbocycles. The van der Waals surface area contributed by atoms with Gasteiger partial charge in [-0.2, -0.15) is 0 Å². The number of fused-ring (bicyclic) bond motifs is 3. The number of hydrogen-bond acceptors (Lipinski definition) is 5. The minimum absolute atomic E-state index is 0.164. The number of rotatable bonds is 3. The zero-order valence-corrected chi connectivity index (χ0v) is 13.0. The Morgan fingerprint density at radius 2 is 2.33 bits per heavy atom. The summed E-state index contributed by atoms with van der Waals surface area (Å²) < 4.78 is 5.00. The molecule has 0 fully saturated rings. The highest BCUT2D eigenvalue weighted by Crippen LogP contribution is 2.35. The van der Waals surface area contributed by atoms with Crippen molar-refractivity contribution >= 4 is 39.2 Å². The Bertz CT molecular complexity index is 755. The topological polar surface area (TPSA) is 75.3 Å². The second-order valence-electron chi connectivity index (χ2n) is 4.69. The molecule has 6 nitrogen and oxygen atoms in total. The molecule has 3 heterocycles. The van der Waals surface area contributed by atoms with Gasteiger partial charge in [0.05, 0.1) is 25.1 Å². The Balaban J connectivity index is 1.97. The molecular weight excluding hydrogens is 314 g/mol. The Morgan fingerprint density at radius 3 is 3.05 bits per heavy atom. The maximum absolute atomic E-state index is 12.2. The zero-order valence-electron chi connectivity index (χ0n) is 11.4. The van der Waals surface area contributed by atoms with Gasteiger partial charge in [-0.15, -0.1) is 22.9 Å². The third-order valence-electron chi connectivity index (χ3n) is 3.33. The molecule has 2 aromatic rings. The van der Waals surface area contributed by atoms with Crippen molar-refractivity contribution in [3.05, 3.63) is 26.6 Å². The average molecular weight is 328 g/mol. The predicted molar refractivity (Wildman–Crippen MR) is 80.9 cm³/mol. The summed E-state index contributed by atoms with van der Waals surface area (Å²) in [6.07, 6.45) is 0.182. The van der Waals surface area contributed by atoms with Gasteiger partial charge in [0.25, 0.3) is 5.56 Å².